The van der Waals surface area contributed by atoms with Gasteiger partial charge in [-0.15, -0.1) is 9.24 Å². The maximum atomic E-state index is 14.1. The molecule has 11 nitrogen and oxygen atoms in total. The number of nitrogens with zero attached hydrogens (tertiary/aromatic N) is 3. The zero-order chi connectivity index (χ0) is 32.5. The summed E-state index contributed by atoms with van der Waals surface area (Å²) in [6.45, 7) is 15.2. The summed E-state index contributed by atoms with van der Waals surface area (Å²) in [6, 6.07) is 2.74. The number of amides is 2. The van der Waals surface area contributed by atoms with E-state index in [1.165, 1.54) is 11.2 Å². The summed E-state index contributed by atoms with van der Waals surface area (Å²) < 4.78 is 14.1. The largest absolute Gasteiger partial charge is 0.383 e. The number of carbonyl (C=O) groups excluding carboxylic acids is 1. The van der Waals surface area contributed by atoms with E-state index in [9.17, 15) is 9.18 Å². The molecule has 0 radical (unpaired) electrons. The number of aliphatic imine (C=N–C) groups is 2. The van der Waals surface area contributed by atoms with Crippen LogP contribution >= 0.6 is 9.24 Å². The highest BCUT2D eigenvalue weighted by Gasteiger charge is 2.17. The van der Waals surface area contributed by atoms with Crippen LogP contribution in [0.2, 0.25) is 0 Å². The van der Waals surface area contributed by atoms with Crippen LogP contribution < -0.4 is 26.6 Å². The lowest BCUT2D eigenvalue weighted by molar-refractivity contribution is 0.212. The predicted molar refractivity (Wildman–Crippen MR) is 181 cm³/mol. The summed E-state index contributed by atoms with van der Waals surface area (Å²) in [5.74, 6) is -0.0303. The lowest BCUT2D eigenvalue weighted by Crippen LogP contribution is -2.40. The molecule has 2 amide bonds. The van der Waals surface area contributed by atoms with E-state index >= 15 is 0 Å². The smallest absolute Gasteiger partial charge is 0.347 e. The van der Waals surface area contributed by atoms with Gasteiger partial charge in [-0.1, -0.05) is 32.2 Å². The Balaban J connectivity index is 3.12. The Hall–Kier alpha value is -4.44. The molecule has 1 unspecified atom stereocenters. The van der Waals surface area contributed by atoms with Gasteiger partial charge >= 0.3 is 6.03 Å². The van der Waals surface area contributed by atoms with E-state index in [2.05, 4.69) is 53.6 Å². The molecular formula is C30H44FN10OP. The van der Waals surface area contributed by atoms with Gasteiger partial charge in [0.15, 0.2) is 0 Å². The van der Waals surface area contributed by atoms with E-state index < -0.39 is 6.03 Å². The van der Waals surface area contributed by atoms with Crippen LogP contribution in [0.5, 0.6) is 0 Å². The number of benzene rings is 1. The monoisotopic (exact) mass is 610 g/mol. The zero-order valence-electron chi connectivity index (χ0n) is 25.6. The summed E-state index contributed by atoms with van der Waals surface area (Å²) in [4.78, 5) is 22.8. The second-order valence-corrected chi connectivity index (χ2v) is 10.3. The number of hydrogen-bond acceptors (Lipinski definition) is 5. The van der Waals surface area contributed by atoms with E-state index in [1.54, 1.807) is 58.3 Å². The molecule has 0 aliphatic carbocycles. The lowest BCUT2D eigenvalue weighted by Gasteiger charge is -2.22. The van der Waals surface area contributed by atoms with Crippen molar-refractivity contribution in [2.75, 3.05) is 26.7 Å². The normalized spacial score (nSPS) is 12.0. The number of nitrogens with one attached hydrogen (secondary N) is 7. The number of allylic oxidation sites excluding steroid dienone is 4. The van der Waals surface area contributed by atoms with E-state index in [4.69, 9.17) is 16.2 Å². The van der Waals surface area contributed by atoms with Crippen LogP contribution in [0.1, 0.15) is 38.3 Å². The fraction of sp³-hybridized carbons (Fsp3) is 0.333. The Morgan fingerprint density at radius 3 is 2.47 bits per heavy atom. The molecule has 0 aromatic heterocycles. The molecule has 0 fully saturated rings. The number of halogens is 1. The first kappa shape index (κ1) is 36.6. The second kappa shape index (κ2) is 18.9. The highest BCUT2D eigenvalue weighted by atomic mass is 31.0. The van der Waals surface area contributed by atoms with Crippen LogP contribution in [0.4, 0.5) is 9.18 Å². The van der Waals surface area contributed by atoms with Crippen LogP contribution in [0.25, 0.3) is 0 Å². The SMILES string of the molecule is C=C/C(=C/NCC(=N)/N=C\NC)C(=N)/C=C(/CC)CN/C(=N/C(=O)N(CC(C)=N)Cc1cc(C)c(F)c(P)c1)NC(=C)C. The van der Waals surface area contributed by atoms with Gasteiger partial charge in [-0.3, -0.25) is 5.41 Å². The van der Waals surface area contributed by atoms with Crippen molar-refractivity contribution < 1.29 is 9.18 Å². The third kappa shape index (κ3) is 13.8. The third-order valence-electron chi connectivity index (χ3n) is 5.65. The average molecular weight is 611 g/mol. The van der Waals surface area contributed by atoms with Crippen LogP contribution in [0.3, 0.4) is 0 Å². The Kier molecular flexibility index (Phi) is 16.1. The lowest BCUT2D eigenvalue weighted by atomic mass is 10.1. The van der Waals surface area contributed by atoms with Gasteiger partial charge in [-0.2, -0.15) is 4.99 Å². The molecule has 0 spiro atoms. The number of aryl methyl sites for hydroxylation is 1. The van der Waals surface area contributed by atoms with Gasteiger partial charge < -0.3 is 37.0 Å². The van der Waals surface area contributed by atoms with Crippen molar-refractivity contribution in [3.05, 3.63) is 77.4 Å². The van der Waals surface area contributed by atoms with Gasteiger partial charge in [-0.25, -0.2) is 14.2 Å². The Morgan fingerprint density at radius 2 is 1.91 bits per heavy atom. The first-order valence-electron chi connectivity index (χ1n) is 13.5. The number of carbonyl (C=O) groups is 1. The van der Waals surface area contributed by atoms with E-state index in [0.29, 0.717) is 34.1 Å². The van der Waals surface area contributed by atoms with Gasteiger partial charge in [-0.05, 0) is 56.0 Å². The first-order valence-corrected chi connectivity index (χ1v) is 14.1. The molecule has 0 saturated carbocycles. The minimum atomic E-state index is -0.586. The zero-order valence-corrected chi connectivity index (χ0v) is 26.8. The van der Waals surface area contributed by atoms with Gasteiger partial charge in [0.25, 0.3) is 0 Å². The topological polar surface area (TPSA) is 165 Å². The van der Waals surface area contributed by atoms with Crippen molar-refractivity contribution in [3.8, 4) is 0 Å². The Labute approximate surface area is 256 Å². The van der Waals surface area contributed by atoms with Gasteiger partial charge in [0, 0.05) is 48.6 Å². The first-order chi connectivity index (χ1) is 20.3. The molecular weight excluding hydrogens is 566 g/mol. The molecule has 1 aromatic rings. The summed E-state index contributed by atoms with van der Waals surface area (Å²) >= 11 is 0. The fourth-order valence-electron chi connectivity index (χ4n) is 3.60. The molecule has 1 rings (SSSR count). The molecule has 0 aliphatic heterocycles. The number of urea groups is 1. The van der Waals surface area contributed by atoms with E-state index in [1.807, 2.05) is 6.92 Å². The van der Waals surface area contributed by atoms with Crippen LogP contribution in [0.15, 0.2) is 70.5 Å². The van der Waals surface area contributed by atoms with Gasteiger partial charge in [0.1, 0.15) is 11.7 Å². The van der Waals surface area contributed by atoms with Crippen molar-refractivity contribution in [1.82, 2.24) is 26.2 Å². The number of amidine groups is 1. The van der Waals surface area contributed by atoms with Crippen LogP contribution in [0, 0.1) is 29.0 Å². The van der Waals surface area contributed by atoms with Crippen molar-refractivity contribution >= 4 is 50.1 Å². The Morgan fingerprint density at radius 1 is 1.21 bits per heavy atom. The summed E-state index contributed by atoms with van der Waals surface area (Å²) in [5, 5.41) is 36.4. The maximum absolute atomic E-state index is 14.1. The van der Waals surface area contributed by atoms with Gasteiger partial charge in [0.2, 0.25) is 5.96 Å². The molecule has 43 heavy (non-hydrogen) atoms. The molecule has 0 saturated heterocycles. The van der Waals surface area contributed by atoms with Gasteiger partial charge in [0.05, 0.1) is 25.1 Å². The molecule has 7 N–H and O–H groups in total. The van der Waals surface area contributed by atoms with Crippen molar-refractivity contribution in [1.29, 1.82) is 16.2 Å². The third-order valence-corrected chi connectivity index (χ3v) is 6.07. The predicted octanol–water partition coefficient (Wildman–Crippen LogP) is 3.91. The Bertz CT molecular complexity index is 1320. The molecule has 232 valence electrons. The van der Waals surface area contributed by atoms with Crippen LogP contribution in [-0.4, -0.2) is 67.2 Å². The van der Waals surface area contributed by atoms with Crippen molar-refractivity contribution in [2.24, 2.45) is 9.98 Å². The van der Waals surface area contributed by atoms with E-state index in [-0.39, 0.29) is 55.2 Å². The molecule has 1 atom stereocenters. The summed E-state index contributed by atoms with van der Waals surface area (Å²) in [5.41, 5.74) is 3.60. The van der Waals surface area contributed by atoms with Crippen molar-refractivity contribution in [3.63, 3.8) is 0 Å². The van der Waals surface area contributed by atoms with Crippen molar-refractivity contribution in [2.45, 2.75) is 40.7 Å². The van der Waals surface area contributed by atoms with E-state index in [0.717, 1.165) is 5.57 Å². The molecule has 13 heteroatoms. The second-order valence-electron chi connectivity index (χ2n) is 9.70. The van der Waals surface area contributed by atoms with Crippen LogP contribution in [-0.2, 0) is 6.54 Å². The fourth-order valence-corrected chi connectivity index (χ4v) is 4.04. The molecule has 0 heterocycles. The standard InChI is InChI=1S/C30H44FN10OP/c1-8-22(11-25(33)24(9-2)14-36-15-27(34)38-18-35-7)13-37-29(39-19(3)4)40-30(42)41(16-21(6)32)17-23-10-20(5)28(31)26(43)12-23/h9-12,14,18,32-33,36H,2-3,8,13,15-17,43H2,1,4-7H3,(H2,34,35,38)(H2,37,39,40,42)/b22-11-,24-14-,32-21?,33-25?. The molecule has 0 bridgehead atoms. The number of rotatable bonds is 15. The summed E-state index contributed by atoms with van der Waals surface area (Å²) in [6.07, 6.45) is 6.89. The quantitative estimate of drug-likeness (QED) is 0.0692. The highest BCUT2D eigenvalue weighted by Crippen LogP contribution is 2.13. The minimum absolute atomic E-state index is 0.0502. The maximum Gasteiger partial charge on any atom is 0.347 e. The average Bonchev–Trinajstić information content (AvgIpc) is 2.93. The molecule has 1 aromatic carbocycles. The number of guanidine groups is 1. The summed E-state index contributed by atoms with van der Waals surface area (Å²) in [7, 11) is 4.05. The number of hydrogen-bond donors (Lipinski definition) is 7. The molecule has 0 aliphatic rings. The highest BCUT2D eigenvalue weighted by molar-refractivity contribution is 7.27. The minimum Gasteiger partial charge on any atom is -0.383 e.